The highest BCUT2D eigenvalue weighted by Crippen LogP contribution is 2.16. The third kappa shape index (κ3) is 5.01. The molecule has 15 heavy (non-hydrogen) atoms. The van der Waals surface area contributed by atoms with Crippen molar-refractivity contribution in [3.8, 4) is 0 Å². The molecule has 83 valence electrons. The zero-order chi connectivity index (χ0) is 10.9. The van der Waals surface area contributed by atoms with E-state index in [4.69, 9.17) is 0 Å². The molecule has 0 atom stereocenters. The van der Waals surface area contributed by atoms with Crippen molar-refractivity contribution in [3.63, 3.8) is 0 Å². The van der Waals surface area contributed by atoms with Gasteiger partial charge in [-0.25, -0.2) is 0 Å². The first-order chi connectivity index (χ1) is 7.36. The van der Waals surface area contributed by atoms with Gasteiger partial charge >= 0.3 is 0 Å². The Labute approximate surface area is 94.7 Å². The topological polar surface area (TPSA) is 0 Å². The smallest absolute Gasteiger partial charge is 0.0184 e. The second-order valence-corrected chi connectivity index (χ2v) is 4.34. The summed E-state index contributed by atoms with van der Waals surface area (Å²) in [5.41, 5.74) is 1.46. The molecule has 1 aromatic carbocycles. The van der Waals surface area contributed by atoms with Crippen LogP contribution >= 0.6 is 0 Å². The number of hydrogen-bond acceptors (Lipinski definition) is 0. The van der Waals surface area contributed by atoms with Crippen molar-refractivity contribution in [2.45, 2.75) is 52.4 Å². The summed E-state index contributed by atoms with van der Waals surface area (Å²) in [4.78, 5) is 0. The molecule has 0 nitrogen and oxygen atoms in total. The Kier molecular flexibility index (Phi) is 6.15. The quantitative estimate of drug-likeness (QED) is 0.566. The lowest BCUT2D eigenvalue weighted by Gasteiger charge is -2.11. The fourth-order valence-electron chi connectivity index (χ4n) is 2.05. The average Bonchev–Trinajstić information content (AvgIpc) is 2.31. The molecule has 0 bridgehead atoms. The van der Waals surface area contributed by atoms with E-state index in [0.29, 0.717) is 0 Å². The van der Waals surface area contributed by atoms with Gasteiger partial charge in [0.25, 0.3) is 0 Å². The number of unbranched alkanes of at least 4 members (excludes halogenated alkanes) is 1. The van der Waals surface area contributed by atoms with Gasteiger partial charge in [-0.1, -0.05) is 63.8 Å². The van der Waals surface area contributed by atoms with E-state index in [0.717, 1.165) is 5.92 Å². The van der Waals surface area contributed by atoms with Gasteiger partial charge in [-0.3, -0.25) is 0 Å². The highest BCUT2D eigenvalue weighted by molar-refractivity contribution is 5.13. The van der Waals surface area contributed by atoms with Crippen LogP contribution < -0.4 is 0 Å². The molecule has 0 saturated carbocycles. The number of hydrogen-bond donors (Lipinski definition) is 0. The maximum Gasteiger partial charge on any atom is -0.0184 e. The molecular weight excluding hydrogens is 180 g/mol. The Morgan fingerprint density at radius 3 is 2.33 bits per heavy atom. The van der Waals surface area contributed by atoms with E-state index in [2.05, 4.69) is 32.0 Å². The third-order valence-corrected chi connectivity index (χ3v) is 3.27. The van der Waals surface area contributed by atoms with E-state index in [1.807, 2.05) is 12.1 Å². The van der Waals surface area contributed by atoms with Crippen LogP contribution in [0.15, 0.2) is 24.3 Å². The van der Waals surface area contributed by atoms with Crippen LogP contribution in [0.2, 0.25) is 0 Å². The molecule has 0 unspecified atom stereocenters. The molecule has 1 rings (SSSR count). The Hall–Kier alpha value is -0.780. The summed E-state index contributed by atoms with van der Waals surface area (Å²) in [5.74, 6) is 0.953. The monoisotopic (exact) mass is 203 g/mol. The molecular formula is C15H23. The standard InChI is InChI=1S/C15H23/c1-3-14(4-2)10-8-9-13-15-11-6-5-7-12-15/h6-7,11-12,14H,3-4,8-10,13H2,1-2H3. The highest BCUT2D eigenvalue weighted by Gasteiger charge is 2.02. The van der Waals surface area contributed by atoms with Gasteiger partial charge < -0.3 is 0 Å². The van der Waals surface area contributed by atoms with Crippen LogP contribution in [0.4, 0.5) is 0 Å². The first kappa shape index (κ1) is 12.3. The van der Waals surface area contributed by atoms with Crippen LogP contribution in [0.25, 0.3) is 0 Å². The Bertz CT molecular complexity index is 233. The van der Waals surface area contributed by atoms with Gasteiger partial charge in [0.2, 0.25) is 0 Å². The predicted molar refractivity (Wildman–Crippen MR) is 66.9 cm³/mol. The summed E-state index contributed by atoms with van der Waals surface area (Å²) in [6, 6.07) is 11.4. The minimum Gasteiger partial charge on any atom is -0.0651 e. The Balaban J connectivity index is 2.12. The average molecular weight is 203 g/mol. The van der Waals surface area contributed by atoms with Gasteiger partial charge in [0.1, 0.15) is 0 Å². The molecule has 1 aromatic rings. The van der Waals surface area contributed by atoms with Crippen LogP contribution in [0.1, 0.15) is 51.5 Å². The largest absolute Gasteiger partial charge is 0.0651 e. The summed E-state index contributed by atoms with van der Waals surface area (Å²) in [7, 11) is 0. The van der Waals surface area contributed by atoms with Crippen molar-refractivity contribution < 1.29 is 0 Å². The zero-order valence-electron chi connectivity index (χ0n) is 10.1. The van der Waals surface area contributed by atoms with Crippen LogP contribution in [0, 0.1) is 12.0 Å². The SMILES string of the molecule is CCC(CC)CCCCc1cc[c]cc1. The minimum absolute atomic E-state index is 0.953. The maximum absolute atomic E-state index is 3.06. The van der Waals surface area contributed by atoms with Gasteiger partial charge in [-0.2, -0.15) is 0 Å². The molecule has 0 fully saturated rings. The zero-order valence-corrected chi connectivity index (χ0v) is 10.1. The van der Waals surface area contributed by atoms with Crippen molar-refractivity contribution in [3.05, 3.63) is 35.9 Å². The van der Waals surface area contributed by atoms with E-state index in [9.17, 15) is 0 Å². The maximum atomic E-state index is 3.06. The molecule has 0 heteroatoms. The molecule has 0 saturated heterocycles. The Morgan fingerprint density at radius 1 is 1.07 bits per heavy atom. The van der Waals surface area contributed by atoms with Crippen LogP contribution in [0.5, 0.6) is 0 Å². The summed E-state index contributed by atoms with van der Waals surface area (Å²) < 4.78 is 0. The minimum atomic E-state index is 0.953. The Morgan fingerprint density at radius 2 is 1.73 bits per heavy atom. The fourth-order valence-corrected chi connectivity index (χ4v) is 2.05. The molecule has 0 aliphatic heterocycles. The lowest BCUT2D eigenvalue weighted by Crippen LogP contribution is -1.97. The first-order valence-corrected chi connectivity index (χ1v) is 6.31. The molecule has 0 spiro atoms. The molecule has 0 aliphatic carbocycles. The lowest BCUT2D eigenvalue weighted by atomic mass is 9.95. The van der Waals surface area contributed by atoms with Gasteiger partial charge in [0.15, 0.2) is 0 Å². The third-order valence-electron chi connectivity index (χ3n) is 3.27. The molecule has 0 aliphatic rings. The second-order valence-electron chi connectivity index (χ2n) is 4.34. The van der Waals surface area contributed by atoms with Gasteiger partial charge in [-0.15, -0.1) is 0 Å². The van der Waals surface area contributed by atoms with Crippen molar-refractivity contribution in [2.75, 3.05) is 0 Å². The first-order valence-electron chi connectivity index (χ1n) is 6.31. The van der Waals surface area contributed by atoms with Gasteiger partial charge in [-0.05, 0) is 30.4 Å². The molecule has 0 aromatic heterocycles. The number of aryl methyl sites for hydroxylation is 1. The van der Waals surface area contributed by atoms with Crippen LogP contribution in [-0.4, -0.2) is 0 Å². The summed E-state index contributed by atoms with van der Waals surface area (Å²) in [6.45, 7) is 4.61. The van der Waals surface area contributed by atoms with E-state index in [1.54, 1.807) is 0 Å². The van der Waals surface area contributed by atoms with Crippen molar-refractivity contribution >= 4 is 0 Å². The molecule has 0 N–H and O–H groups in total. The molecule has 0 heterocycles. The summed E-state index contributed by atoms with van der Waals surface area (Å²) >= 11 is 0. The van der Waals surface area contributed by atoms with Gasteiger partial charge in [0.05, 0.1) is 0 Å². The lowest BCUT2D eigenvalue weighted by molar-refractivity contribution is 0.434. The van der Waals surface area contributed by atoms with E-state index < -0.39 is 0 Å². The van der Waals surface area contributed by atoms with E-state index in [1.165, 1.54) is 44.1 Å². The van der Waals surface area contributed by atoms with Gasteiger partial charge in [0, 0.05) is 0 Å². The van der Waals surface area contributed by atoms with E-state index >= 15 is 0 Å². The molecule has 0 amide bonds. The van der Waals surface area contributed by atoms with Crippen LogP contribution in [0.3, 0.4) is 0 Å². The van der Waals surface area contributed by atoms with E-state index in [-0.39, 0.29) is 0 Å². The summed E-state index contributed by atoms with van der Waals surface area (Å²) in [5, 5.41) is 0. The number of benzene rings is 1. The van der Waals surface area contributed by atoms with Crippen molar-refractivity contribution in [2.24, 2.45) is 5.92 Å². The summed E-state index contributed by atoms with van der Waals surface area (Å²) in [6.07, 6.45) is 8.04. The molecule has 1 radical (unpaired) electrons. The number of rotatable bonds is 7. The second kappa shape index (κ2) is 7.50. The fraction of sp³-hybridized carbons (Fsp3) is 0.600. The predicted octanol–water partition coefficient (Wildman–Crippen LogP) is 4.64. The van der Waals surface area contributed by atoms with Crippen molar-refractivity contribution in [1.82, 2.24) is 0 Å². The normalized spacial score (nSPS) is 10.9. The van der Waals surface area contributed by atoms with Crippen LogP contribution in [-0.2, 0) is 6.42 Å². The van der Waals surface area contributed by atoms with Crippen molar-refractivity contribution in [1.29, 1.82) is 0 Å². The highest BCUT2D eigenvalue weighted by atomic mass is 14.1.